The normalized spacial score (nSPS) is 10.2. The van der Waals surface area contributed by atoms with Gasteiger partial charge >= 0.3 is 0 Å². The third-order valence-electron chi connectivity index (χ3n) is 2.25. The number of methoxy groups -OCH3 is 1. The number of halogens is 1. The Kier molecular flexibility index (Phi) is 4.32. The highest BCUT2D eigenvalue weighted by molar-refractivity contribution is 9.10. The number of benzene rings is 1. The van der Waals surface area contributed by atoms with Gasteiger partial charge in [0.25, 0.3) is 0 Å². The standard InChI is InChI=1S/C11H14BrNO3/c1-6-5-8(15)11(16-2)10(12)9(6)7(14)3-4-13/h5,15H,3-4,13H2,1-2H3. The summed E-state index contributed by atoms with van der Waals surface area (Å²) in [5.74, 6) is 0.215. The Morgan fingerprint density at radius 2 is 2.25 bits per heavy atom. The summed E-state index contributed by atoms with van der Waals surface area (Å²) in [5.41, 5.74) is 6.56. The predicted molar refractivity (Wildman–Crippen MR) is 65.1 cm³/mol. The average Bonchev–Trinajstić information content (AvgIpc) is 2.17. The Morgan fingerprint density at radius 3 is 2.75 bits per heavy atom. The number of Topliss-reactive ketones (excluding diaryl/α,β-unsaturated/α-hetero) is 1. The van der Waals surface area contributed by atoms with E-state index in [4.69, 9.17) is 10.5 Å². The average molecular weight is 288 g/mol. The van der Waals surface area contributed by atoms with Crippen LogP contribution in [0.1, 0.15) is 22.3 Å². The molecule has 0 heterocycles. The van der Waals surface area contributed by atoms with Crippen molar-refractivity contribution in [2.24, 2.45) is 5.73 Å². The quantitative estimate of drug-likeness (QED) is 0.831. The lowest BCUT2D eigenvalue weighted by molar-refractivity contribution is 0.0983. The number of nitrogens with two attached hydrogens (primary N) is 1. The van der Waals surface area contributed by atoms with Gasteiger partial charge in [-0.1, -0.05) is 0 Å². The Balaban J connectivity index is 3.33. The maximum Gasteiger partial charge on any atom is 0.175 e. The SMILES string of the molecule is COc1c(O)cc(C)c(C(=O)CCN)c1Br. The highest BCUT2D eigenvalue weighted by atomic mass is 79.9. The van der Waals surface area contributed by atoms with Crippen LogP contribution in [0.4, 0.5) is 0 Å². The summed E-state index contributed by atoms with van der Waals surface area (Å²) < 4.78 is 5.50. The van der Waals surface area contributed by atoms with Gasteiger partial charge in [0.2, 0.25) is 0 Å². The minimum absolute atomic E-state index is 0.0103. The molecule has 0 amide bonds. The number of aromatic hydroxyl groups is 1. The summed E-state index contributed by atoms with van der Waals surface area (Å²) in [4.78, 5) is 11.8. The van der Waals surface area contributed by atoms with Crippen molar-refractivity contribution in [2.75, 3.05) is 13.7 Å². The molecule has 88 valence electrons. The van der Waals surface area contributed by atoms with Crippen LogP contribution in [0.2, 0.25) is 0 Å². The highest BCUT2D eigenvalue weighted by Crippen LogP contribution is 2.39. The van der Waals surface area contributed by atoms with Gasteiger partial charge in [-0.3, -0.25) is 4.79 Å². The molecule has 16 heavy (non-hydrogen) atoms. The molecule has 1 aromatic carbocycles. The Morgan fingerprint density at radius 1 is 1.62 bits per heavy atom. The molecular weight excluding hydrogens is 274 g/mol. The molecule has 0 aliphatic heterocycles. The fraction of sp³-hybridized carbons (Fsp3) is 0.364. The van der Waals surface area contributed by atoms with Gasteiger partial charge in [0.05, 0.1) is 11.6 Å². The maximum absolute atomic E-state index is 11.8. The zero-order chi connectivity index (χ0) is 12.3. The molecule has 0 aromatic heterocycles. The lowest BCUT2D eigenvalue weighted by Crippen LogP contribution is -2.10. The molecule has 3 N–H and O–H groups in total. The predicted octanol–water partition coefficient (Wildman–Crippen LogP) is 2.00. The summed E-state index contributed by atoms with van der Waals surface area (Å²) in [5, 5.41) is 9.62. The topological polar surface area (TPSA) is 72.5 Å². The van der Waals surface area contributed by atoms with Gasteiger partial charge in [-0.15, -0.1) is 0 Å². The van der Waals surface area contributed by atoms with Crippen molar-refractivity contribution in [3.8, 4) is 11.5 Å². The number of phenols is 1. The van der Waals surface area contributed by atoms with Crippen molar-refractivity contribution in [3.05, 3.63) is 21.7 Å². The zero-order valence-electron chi connectivity index (χ0n) is 9.21. The van der Waals surface area contributed by atoms with Crippen LogP contribution in [0.3, 0.4) is 0 Å². The summed E-state index contributed by atoms with van der Waals surface area (Å²) in [6.07, 6.45) is 0.271. The molecule has 4 nitrogen and oxygen atoms in total. The fourth-order valence-electron chi connectivity index (χ4n) is 1.53. The van der Waals surface area contributed by atoms with Crippen LogP contribution in [-0.4, -0.2) is 24.5 Å². The van der Waals surface area contributed by atoms with Crippen molar-refractivity contribution in [1.29, 1.82) is 0 Å². The number of carbonyl (C=O) groups is 1. The van der Waals surface area contributed by atoms with Gasteiger partial charge < -0.3 is 15.6 Å². The van der Waals surface area contributed by atoms with Gasteiger partial charge in [-0.25, -0.2) is 0 Å². The molecule has 0 saturated carbocycles. The van der Waals surface area contributed by atoms with E-state index < -0.39 is 0 Å². The van der Waals surface area contributed by atoms with Gasteiger partial charge in [-0.2, -0.15) is 0 Å². The molecule has 1 rings (SSSR count). The first-order valence-corrected chi connectivity index (χ1v) is 5.61. The van der Waals surface area contributed by atoms with Gasteiger partial charge in [0.15, 0.2) is 17.3 Å². The summed E-state index contributed by atoms with van der Waals surface area (Å²) in [7, 11) is 1.44. The molecule has 0 bridgehead atoms. The first-order chi connectivity index (χ1) is 7.52. The van der Waals surface area contributed by atoms with Gasteiger partial charge in [0, 0.05) is 12.0 Å². The minimum atomic E-state index is -0.0647. The lowest BCUT2D eigenvalue weighted by atomic mass is 10.0. The number of hydrogen-bond acceptors (Lipinski definition) is 4. The lowest BCUT2D eigenvalue weighted by Gasteiger charge is -2.12. The van der Waals surface area contributed by atoms with Crippen LogP contribution in [0, 0.1) is 6.92 Å². The number of ketones is 1. The summed E-state index contributed by atoms with van der Waals surface area (Å²) in [6, 6.07) is 1.51. The number of ether oxygens (including phenoxy) is 1. The van der Waals surface area contributed by atoms with Gasteiger partial charge in [-0.05, 0) is 41.0 Å². The molecule has 0 aliphatic carbocycles. The first kappa shape index (κ1) is 13.0. The molecule has 5 heteroatoms. The zero-order valence-corrected chi connectivity index (χ0v) is 10.8. The largest absolute Gasteiger partial charge is 0.504 e. The van der Waals surface area contributed by atoms with Crippen molar-refractivity contribution in [3.63, 3.8) is 0 Å². The molecule has 0 atom stereocenters. The van der Waals surface area contributed by atoms with E-state index in [1.807, 2.05) is 0 Å². The van der Waals surface area contributed by atoms with Crippen LogP contribution in [0.15, 0.2) is 10.5 Å². The van der Waals surface area contributed by atoms with Crippen LogP contribution in [0.5, 0.6) is 11.5 Å². The van der Waals surface area contributed by atoms with E-state index >= 15 is 0 Å². The van der Waals surface area contributed by atoms with Crippen molar-refractivity contribution < 1.29 is 14.6 Å². The minimum Gasteiger partial charge on any atom is -0.504 e. The number of aryl methyl sites for hydroxylation is 1. The number of rotatable bonds is 4. The first-order valence-electron chi connectivity index (χ1n) is 4.82. The Bertz CT molecular complexity index is 418. The van der Waals surface area contributed by atoms with Crippen molar-refractivity contribution in [1.82, 2.24) is 0 Å². The molecule has 0 spiro atoms. The number of carbonyl (C=O) groups excluding carboxylic acids is 1. The van der Waals surface area contributed by atoms with E-state index in [1.165, 1.54) is 13.2 Å². The van der Waals surface area contributed by atoms with Crippen molar-refractivity contribution in [2.45, 2.75) is 13.3 Å². The number of hydrogen-bond donors (Lipinski definition) is 2. The Labute approximate surface area is 103 Å². The third-order valence-corrected chi connectivity index (χ3v) is 3.01. The molecule has 0 fully saturated rings. The molecule has 0 radical (unpaired) electrons. The third kappa shape index (κ3) is 2.36. The van der Waals surface area contributed by atoms with E-state index in [0.717, 1.165) is 0 Å². The maximum atomic E-state index is 11.8. The van der Waals surface area contributed by atoms with Crippen LogP contribution >= 0.6 is 15.9 Å². The van der Waals surface area contributed by atoms with E-state index in [2.05, 4.69) is 15.9 Å². The summed E-state index contributed by atoms with van der Waals surface area (Å²) >= 11 is 3.27. The molecule has 0 saturated heterocycles. The Hall–Kier alpha value is -1.07. The van der Waals surface area contributed by atoms with Crippen LogP contribution in [-0.2, 0) is 0 Å². The molecular formula is C11H14BrNO3. The highest BCUT2D eigenvalue weighted by Gasteiger charge is 2.19. The summed E-state index contributed by atoms with van der Waals surface area (Å²) in [6.45, 7) is 2.06. The smallest absolute Gasteiger partial charge is 0.175 e. The molecule has 1 aromatic rings. The van der Waals surface area contributed by atoms with Gasteiger partial charge in [0.1, 0.15) is 0 Å². The monoisotopic (exact) mass is 287 g/mol. The molecule has 0 unspecified atom stereocenters. The van der Waals surface area contributed by atoms with E-state index in [0.29, 0.717) is 22.1 Å². The molecule has 0 aliphatic rings. The van der Waals surface area contributed by atoms with E-state index in [-0.39, 0.29) is 23.7 Å². The van der Waals surface area contributed by atoms with E-state index in [9.17, 15) is 9.90 Å². The fourth-order valence-corrected chi connectivity index (χ4v) is 2.43. The van der Waals surface area contributed by atoms with E-state index in [1.54, 1.807) is 6.92 Å². The second kappa shape index (κ2) is 5.32. The number of phenolic OH excluding ortho intramolecular Hbond substituents is 1. The van der Waals surface area contributed by atoms with Crippen LogP contribution < -0.4 is 10.5 Å². The second-order valence-corrected chi connectivity index (χ2v) is 4.19. The second-order valence-electron chi connectivity index (χ2n) is 3.40. The van der Waals surface area contributed by atoms with Crippen molar-refractivity contribution >= 4 is 21.7 Å². The van der Waals surface area contributed by atoms with Crippen LogP contribution in [0.25, 0.3) is 0 Å².